The minimum atomic E-state index is -2.44. The van der Waals surface area contributed by atoms with Crippen LogP contribution in [0.15, 0.2) is 127 Å². The third-order valence-corrected chi connectivity index (χ3v) is 10.9. The molecule has 144 valence electrons. The van der Waals surface area contributed by atoms with Crippen molar-refractivity contribution in [3.63, 3.8) is 0 Å². The average molecular weight is 401 g/mol. The fourth-order valence-electron chi connectivity index (χ4n) is 4.60. The van der Waals surface area contributed by atoms with Gasteiger partial charge in [-0.2, -0.15) is 0 Å². The van der Waals surface area contributed by atoms with E-state index >= 15 is 0 Å². The minimum Gasteiger partial charge on any atom is -0.0623 e. The zero-order valence-corrected chi connectivity index (χ0v) is 18.1. The summed E-state index contributed by atoms with van der Waals surface area (Å²) in [6, 6.07) is 47.1. The van der Waals surface area contributed by atoms with Gasteiger partial charge < -0.3 is 0 Å². The minimum absolute atomic E-state index is 1.29. The molecular formula is C29H24Si. The lowest BCUT2D eigenvalue weighted by Crippen LogP contribution is -2.74. The lowest BCUT2D eigenvalue weighted by Gasteiger charge is -2.34. The van der Waals surface area contributed by atoms with Gasteiger partial charge in [-0.05, 0) is 38.4 Å². The Morgan fingerprint density at radius 1 is 0.400 bits per heavy atom. The Morgan fingerprint density at radius 2 is 0.867 bits per heavy atom. The van der Waals surface area contributed by atoms with Crippen molar-refractivity contribution in [3.8, 4) is 0 Å². The van der Waals surface area contributed by atoms with Gasteiger partial charge in [0.15, 0.2) is 8.07 Å². The third kappa shape index (κ3) is 3.08. The number of hydrogen-bond donors (Lipinski definition) is 0. The van der Waals surface area contributed by atoms with E-state index in [0.29, 0.717) is 0 Å². The Labute approximate surface area is 179 Å². The Hall–Kier alpha value is -3.42. The smallest absolute Gasteiger partial charge is 0.0623 e. The second kappa shape index (κ2) is 7.77. The quantitative estimate of drug-likeness (QED) is 0.307. The SMILES string of the molecule is Cc1ccc([Si](c2ccccc2)(c2ccccc2)c2ccc3ccccc3c2)cc1. The van der Waals surface area contributed by atoms with E-state index in [1.807, 2.05) is 0 Å². The second-order valence-electron chi connectivity index (χ2n) is 7.91. The zero-order chi connectivity index (χ0) is 20.4. The van der Waals surface area contributed by atoms with Crippen LogP contribution in [0.2, 0.25) is 0 Å². The summed E-state index contributed by atoms with van der Waals surface area (Å²) in [5, 5.41) is 8.24. The van der Waals surface area contributed by atoms with E-state index in [2.05, 4.69) is 134 Å². The summed E-state index contributed by atoms with van der Waals surface area (Å²) in [7, 11) is -2.44. The molecule has 0 aliphatic carbocycles. The molecule has 0 N–H and O–H groups in total. The Morgan fingerprint density at radius 3 is 1.47 bits per heavy atom. The van der Waals surface area contributed by atoms with Crippen molar-refractivity contribution < 1.29 is 0 Å². The van der Waals surface area contributed by atoms with Crippen molar-refractivity contribution in [3.05, 3.63) is 133 Å². The van der Waals surface area contributed by atoms with Crippen LogP contribution >= 0.6 is 0 Å². The molecule has 0 heterocycles. The van der Waals surface area contributed by atoms with Gasteiger partial charge in [-0.25, -0.2) is 0 Å². The Balaban J connectivity index is 1.91. The number of aryl methyl sites for hydroxylation is 1. The number of fused-ring (bicyclic) bond motifs is 1. The fourth-order valence-corrected chi connectivity index (χ4v) is 9.36. The summed E-state index contributed by atoms with van der Waals surface area (Å²) in [4.78, 5) is 0. The van der Waals surface area contributed by atoms with Gasteiger partial charge in [0.25, 0.3) is 0 Å². The molecular weight excluding hydrogens is 376 g/mol. The van der Waals surface area contributed by atoms with E-state index in [9.17, 15) is 0 Å². The lowest BCUT2D eigenvalue weighted by molar-refractivity contribution is 1.49. The number of hydrogen-bond acceptors (Lipinski definition) is 0. The molecule has 0 spiro atoms. The van der Waals surface area contributed by atoms with E-state index in [4.69, 9.17) is 0 Å². The van der Waals surface area contributed by atoms with Crippen LogP contribution in [-0.4, -0.2) is 8.07 Å². The molecule has 0 aromatic heterocycles. The first-order valence-corrected chi connectivity index (χ1v) is 12.5. The van der Waals surface area contributed by atoms with Gasteiger partial charge in [0.2, 0.25) is 0 Å². The highest BCUT2D eigenvalue weighted by atomic mass is 28.3. The molecule has 0 unspecified atom stereocenters. The van der Waals surface area contributed by atoms with Crippen LogP contribution in [-0.2, 0) is 0 Å². The van der Waals surface area contributed by atoms with Crippen molar-refractivity contribution >= 4 is 39.6 Å². The number of benzene rings is 5. The fraction of sp³-hybridized carbons (Fsp3) is 0.0345. The van der Waals surface area contributed by atoms with Crippen LogP contribution in [0.4, 0.5) is 0 Å². The largest absolute Gasteiger partial charge is 0.179 e. The van der Waals surface area contributed by atoms with Gasteiger partial charge in [-0.15, -0.1) is 0 Å². The monoisotopic (exact) mass is 400 g/mol. The van der Waals surface area contributed by atoms with Crippen LogP contribution in [0, 0.1) is 6.92 Å². The topological polar surface area (TPSA) is 0 Å². The van der Waals surface area contributed by atoms with Crippen LogP contribution < -0.4 is 20.7 Å². The van der Waals surface area contributed by atoms with Crippen molar-refractivity contribution in [2.24, 2.45) is 0 Å². The Kier molecular flexibility index (Phi) is 4.82. The molecule has 0 nitrogen and oxygen atoms in total. The van der Waals surface area contributed by atoms with Gasteiger partial charge in [0.05, 0.1) is 0 Å². The standard InChI is InChI=1S/C29H24Si/c1-23-16-19-28(20-17-23)30(26-12-4-2-5-13-26,27-14-6-3-7-15-27)29-21-18-24-10-8-9-11-25(24)22-29/h2-22H,1H3. The van der Waals surface area contributed by atoms with Gasteiger partial charge in [0, 0.05) is 0 Å². The molecule has 0 fully saturated rings. The van der Waals surface area contributed by atoms with E-state index in [0.717, 1.165) is 0 Å². The van der Waals surface area contributed by atoms with Crippen LogP contribution in [0.1, 0.15) is 5.56 Å². The lowest BCUT2D eigenvalue weighted by atomic mass is 10.1. The normalized spacial score (nSPS) is 11.5. The summed E-state index contributed by atoms with van der Waals surface area (Å²) in [5.41, 5.74) is 1.29. The predicted molar refractivity (Wildman–Crippen MR) is 132 cm³/mol. The molecule has 0 bridgehead atoms. The van der Waals surface area contributed by atoms with Crippen molar-refractivity contribution in [1.29, 1.82) is 0 Å². The van der Waals surface area contributed by atoms with E-state index in [1.54, 1.807) is 0 Å². The van der Waals surface area contributed by atoms with Crippen LogP contribution in [0.3, 0.4) is 0 Å². The number of rotatable bonds is 4. The highest BCUT2D eigenvalue weighted by molar-refractivity contribution is 7.20. The summed E-state index contributed by atoms with van der Waals surface area (Å²) >= 11 is 0. The first kappa shape index (κ1) is 18.6. The molecule has 5 aromatic rings. The molecule has 1 heteroatoms. The summed E-state index contributed by atoms with van der Waals surface area (Å²) in [6.45, 7) is 2.16. The highest BCUT2D eigenvalue weighted by Crippen LogP contribution is 2.16. The maximum absolute atomic E-state index is 2.44. The van der Waals surface area contributed by atoms with Crippen molar-refractivity contribution in [2.45, 2.75) is 6.92 Å². The maximum Gasteiger partial charge on any atom is 0.179 e. The predicted octanol–water partition coefficient (Wildman–Crippen LogP) is 4.53. The maximum atomic E-state index is 2.42. The van der Waals surface area contributed by atoms with E-state index < -0.39 is 8.07 Å². The first-order valence-electron chi connectivity index (χ1n) is 10.5. The van der Waals surface area contributed by atoms with Crippen LogP contribution in [0.5, 0.6) is 0 Å². The van der Waals surface area contributed by atoms with Gasteiger partial charge >= 0.3 is 0 Å². The third-order valence-electron chi connectivity index (χ3n) is 6.08. The van der Waals surface area contributed by atoms with E-state index in [1.165, 1.54) is 37.1 Å². The molecule has 0 amide bonds. The molecule has 0 aliphatic heterocycles. The van der Waals surface area contributed by atoms with Crippen LogP contribution in [0.25, 0.3) is 10.8 Å². The molecule has 30 heavy (non-hydrogen) atoms. The second-order valence-corrected chi connectivity index (χ2v) is 11.7. The summed E-state index contributed by atoms with van der Waals surface area (Å²) in [6.07, 6.45) is 0. The van der Waals surface area contributed by atoms with Gasteiger partial charge in [0.1, 0.15) is 0 Å². The molecule has 0 saturated heterocycles. The molecule has 0 radical (unpaired) electrons. The molecule has 5 rings (SSSR count). The van der Waals surface area contributed by atoms with Gasteiger partial charge in [-0.1, -0.05) is 133 Å². The van der Waals surface area contributed by atoms with Crippen molar-refractivity contribution in [2.75, 3.05) is 0 Å². The highest BCUT2D eigenvalue weighted by Gasteiger charge is 2.41. The molecule has 0 atom stereocenters. The zero-order valence-electron chi connectivity index (χ0n) is 17.1. The molecule has 5 aromatic carbocycles. The van der Waals surface area contributed by atoms with E-state index in [-0.39, 0.29) is 0 Å². The van der Waals surface area contributed by atoms with Crippen molar-refractivity contribution in [1.82, 2.24) is 0 Å². The first-order chi connectivity index (χ1) is 14.8. The average Bonchev–Trinajstić information content (AvgIpc) is 2.82. The Bertz CT molecular complexity index is 1230. The molecule has 0 saturated carbocycles. The summed E-state index contributed by atoms with van der Waals surface area (Å²) < 4.78 is 0. The molecule has 0 aliphatic rings. The van der Waals surface area contributed by atoms with Gasteiger partial charge in [-0.3, -0.25) is 0 Å². The summed E-state index contributed by atoms with van der Waals surface area (Å²) in [5.74, 6) is 0.